The molecule has 2 atom stereocenters. The highest BCUT2D eigenvalue weighted by molar-refractivity contribution is 9.10. The van der Waals surface area contributed by atoms with Crippen molar-refractivity contribution in [2.75, 3.05) is 20.8 Å². The molecule has 1 aliphatic carbocycles. The zero-order chi connectivity index (χ0) is 14.5. The summed E-state index contributed by atoms with van der Waals surface area (Å²) in [4.78, 5) is 0. The summed E-state index contributed by atoms with van der Waals surface area (Å²) in [6.07, 6.45) is 3.90. The van der Waals surface area contributed by atoms with Crippen molar-refractivity contribution in [1.82, 2.24) is 5.32 Å². The number of halogens is 1. The van der Waals surface area contributed by atoms with Crippen LogP contribution in [-0.2, 0) is 11.2 Å². The summed E-state index contributed by atoms with van der Waals surface area (Å²) in [7, 11) is 3.71. The maximum absolute atomic E-state index is 5.97. The molecule has 1 fully saturated rings. The molecule has 0 heterocycles. The van der Waals surface area contributed by atoms with Gasteiger partial charge < -0.3 is 14.8 Å². The molecule has 1 aromatic carbocycles. The van der Waals surface area contributed by atoms with Gasteiger partial charge in [0.2, 0.25) is 0 Å². The van der Waals surface area contributed by atoms with E-state index in [-0.39, 0.29) is 0 Å². The molecule has 1 N–H and O–H groups in total. The minimum atomic E-state index is 0.325. The van der Waals surface area contributed by atoms with E-state index in [2.05, 4.69) is 40.3 Å². The normalized spacial score (nSPS) is 17.8. The fourth-order valence-electron chi connectivity index (χ4n) is 2.67. The van der Waals surface area contributed by atoms with Gasteiger partial charge in [-0.05, 0) is 72.8 Å². The van der Waals surface area contributed by atoms with Crippen LogP contribution in [0.2, 0.25) is 0 Å². The molecule has 4 heteroatoms. The molecule has 2 unspecified atom stereocenters. The number of hydrogen-bond donors (Lipinski definition) is 1. The van der Waals surface area contributed by atoms with E-state index < -0.39 is 0 Å². The lowest BCUT2D eigenvalue weighted by Gasteiger charge is -2.27. The first-order chi connectivity index (χ1) is 9.69. The third kappa shape index (κ3) is 3.96. The Morgan fingerprint density at radius 1 is 1.40 bits per heavy atom. The smallest absolute Gasteiger partial charge is 0.133 e. The summed E-state index contributed by atoms with van der Waals surface area (Å²) in [5, 5.41) is 3.43. The number of hydrogen-bond acceptors (Lipinski definition) is 3. The van der Waals surface area contributed by atoms with Gasteiger partial charge in [-0.15, -0.1) is 0 Å². The molecule has 0 aromatic heterocycles. The second-order valence-electron chi connectivity index (χ2n) is 5.33. The van der Waals surface area contributed by atoms with Crippen LogP contribution in [-0.4, -0.2) is 32.9 Å². The van der Waals surface area contributed by atoms with E-state index in [0.29, 0.717) is 12.1 Å². The van der Waals surface area contributed by atoms with Crippen molar-refractivity contribution >= 4 is 15.9 Å². The Labute approximate surface area is 130 Å². The van der Waals surface area contributed by atoms with Crippen molar-refractivity contribution in [2.45, 2.75) is 38.3 Å². The molecule has 1 aromatic rings. The Bertz CT molecular complexity index is 434. The van der Waals surface area contributed by atoms with E-state index >= 15 is 0 Å². The third-order valence-electron chi connectivity index (χ3n) is 3.88. The number of rotatable bonds is 8. The molecule has 0 spiro atoms. The first kappa shape index (κ1) is 15.8. The first-order valence-corrected chi connectivity index (χ1v) is 8.10. The number of likely N-dealkylation sites (N-methyl/N-ethyl adjacent to an activating group) is 1. The maximum Gasteiger partial charge on any atom is 0.133 e. The van der Waals surface area contributed by atoms with Crippen molar-refractivity contribution in [3.05, 3.63) is 28.2 Å². The molecular formula is C16H24BrNO2. The molecule has 0 saturated heterocycles. The molecule has 1 saturated carbocycles. The molecule has 3 nitrogen and oxygen atoms in total. The molecule has 0 bridgehead atoms. The van der Waals surface area contributed by atoms with E-state index in [9.17, 15) is 0 Å². The second-order valence-corrected chi connectivity index (χ2v) is 6.18. The van der Waals surface area contributed by atoms with Gasteiger partial charge in [0, 0.05) is 12.6 Å². The average Bonchev–Trinajstić information content (AvgIpc) is 3.27. The van der Waals surface area contributed by atoms with Gasteiger partial charge in [-0.1, -0.05) is 6.07 Å². The SMILES string of the molecule is CCOC(C1CC1)C(Cc1ccc(OC)c(Br)c1)NC. The molecular weight excluding hydrogens is 318 g/mol. The molecule has 112 valence electrons. The second kappa shape index (κ2) is 7.43. The molecule has 20 heavy (non-hydrogen) atoms. The lowest BCUT2D eigenvalue weighted by Crippen LogP contribution is -2.42. The van der Waals surface area contributed by atoms with Gasteiger partial charge in [-0.25, -0.2) is 0 Å². The van der Waals surface area contributed by atoms with Crippen molar-refractivity contribution in [1.29, 1.82) is 0 Å². The standard InChI is InChI=1S/C16H24BrNO2/c1-4-20-16(12-6-7-12)14(18-2)10-11-5-8-15(19-3)13(17)9-11/h5,8-9,12,14,16,18H,4,6-7,10H2,1-3H3. The Morgan fingerprint density at radius 2 is 2.15 bits per heavy atom. The van der Waals surface area contributed by atoms with Gasteiger partial charge in [0.25, 0.3) is 0 Å². The monoisotopic (exact) mass is 341 g/mol. The van der Waals surface area contributed by atoms with E-state index in [4.69, 9.17) is 9.47 Å². The van der Waals surface area contributed by atoms with Gasteiger partial charge in [0.1, 0.15) is 5.75 Å². The van der Waals surface area contributed by atoms with Gasteiger partial charge in [0.05, 0.1) is 17.7 Å². The van der Waals surface area contributed by atoms with Crippen LogP contribution in [0.5, 0.6) is 5.75 Å². The minimum Gasteiger partial charge on any atom is -0.496 e. The summed E-state index contributed by atoms with van der Waals surface area (Å²) in [6, 6.07) is 6.64. The Kier molecular flexibility index (Phi) is 5.87. The average molecular weight is 342 g/mol. The highest BCUT2D eigenvalue weighted by Crippen LogP contribution is 2.36. The zero-order valence-electron chi connectivity index (χ0n) is 12.5. The molecule has 0 aliphatic heterocycles. The Morgan fingerprint density at radius 3 is 2.65 bits per heavy atom. The number of nitrogens with one attached hydrogen (secondary N) is 1. The van der Waals surface area contributed by atoms with Gasteiger partial charge >= 0.3 is 0 Å². The summed E-state index contributed by atoms with van der Waals surface area (Å²) in [5.74, 6) is 1.60. The largest absolute Gasteiger partial charge is 0.496 e. The number of methoxy groups -OCH3 is 1. The third-order valence-corrected chi connectivity index (χ3v) is 4.50. The summed E-state index contributed by atoms with van der Waals surface area (Å²) < 4.78 is 12.3. The molecule has 2 rings (SSSR count). The van der Waals surface area contributed by atoms with Gasteiger partial charge in [0.15, 0.2) is 0 Å². The van der Waals surface area contributed by atoms with E-state index in [1.54, 1.807) is 7.11 Å². The zero-order valence-corrected chi connectivity index (χ0v) is 14.1. The maximum atomic E-state index is 5.97. The minimum absolute atomic E-state index is 0.325. The lowest BCUT2D eigenvalue weighted by molar-refractivity contribution is 0.0211. The molecule has 0 radical (unpaired) electrons. The van der Waals surface area contributed by atoms with Crippen LogP contribution < -0.4 is 10.1 Å². The van der Waals surface area contributed by atoms with Crippen LogP contribution in [0.15, 0.2) is 22.7 Å². The predicted molar refractivity (Wildman–Crippen MR) is 85.4 cm³/mol. The molecule has 0 amide bonds. The number of ether oxygens (including phenoxy) is 2. The Hall–Kier alpha value is -0.580. The predicted octanol–water partition coefficient (Wildman–Crippen LogP) is 3.40. The van der Waals surface area contributed by atoms with E-state index in [0.717, 1.165) is 29.2 Å². The van der Waals surface area contributed by atoms with Crippen molar-refractivity contribution in [2.24, 2.45) is 5.92 Å². The van der Waals surface area contributed by atoms with Crippen LogP contribution in [0.1, 0.15) is 25.3 Å². The van der Waals surface area contributed by atoms with E-state index in [1.165, 1.54) is 18.4 Å². The quantitative estimate of drug-likeness (QED) is 0.785. The number of benzene rings is 1. The van der Waals surface area contributed by atoms with Gasteiger partial charge in [-0.3, -0.25) is 0 Å². The summed E-state index contributed by atoms with van der Waals surface area (Å²) in [6.45, 7) is 2.86. The van der Waals surface area contributed by atoms with Crippen LogP contribution >= 0.6 is 15.9 Å². The van der Waals surface area contributed by atoms with E-state index in [1.807, 2.05) is 13.1 Å². The fourth-order valence-corrected chi connectivity index (χ4v) is 3.26. The Balaban J connectivity index is 2.06. The first-order valence-electron chi connectivity index (χ1n) is 7.30. The lowest BCUT2D eigenvalue weighted by atomic mass is 9.98. The fraction of sp³-hybridized carbons (Fsp3) is 0.625. The van der Waals surface area contributed by atoms with Crippen LogP contribution in [0.25, 0.3) is 0 Å². The highest BCUT2D eigenvalue weighted by atomic mass is 79.9. The van der Waals surface area contributed by atoms with Crippen LogP contribution in [0.3, 0.4) is 0 Å². The highest BCUT2D eigenvalue weighted by Gasteiger charge is 2.36. The van der Waals surface area contributed by atoms with Crippen molar-refractivity contribution < 1.29 is 9.47 Å². The topological polar surface area (TPSA) is 30.5 Å². The molecule has 1 aliphatic rings. The van der Waals surface area contributed by atoms with Crippen LogP contribution in [0, 0.1) is 5.92 Å². The van der Waals surface area contributed by atoms with Crippen LogP contribution in [0.4, 0.5) is 0 Å². The van der Waals surface area contributed by atoms with Crippen molar-refractivity contribution in [3.8, 4) is 5.75 Å². The van der Waals surface area contributed by atoms with Crippen molar-refractivity contribution in [3.63, 3.8) is 0 Å². The summed E-state index contributed by atoms with van der Waals surface area (Å²) >= 11 is 3.55. The van der Waals surface area contributed by atoms with Gasteiger partial charge in [-0.2, -0.15) is 0 Å². The summed E-state index contributed by atoms with van der Waals surface area (Å²) in [5.41, 5.74) is 1.29.